The molecule has 1 N–H and O–H groups in total. The summed E-state index contributed by atoms with van der Waals surface area (Å²) in [5.74, 6) is -2.29. The summed E-state index contributed by atoms with van der Waals surface area (Å²) in [7, 11) is -14.6. The number of piperazine rings is 1. The Morgan fingerprint density at radius 1 is 0.759 bits per heavy atom. The molecule has 1 aromatic heterocycles. The van der Waals surface area contributed by atoms with Gasteiger partial charge in [0.15, 0.2) is 9.84 Å². The van der Waals surface area contributed by atoms with Crippen LogP contribution in [0.5, 0.6) is 0 Å². The molecule has 5 aromatic rings. The van der Waals surface area contributed by atoms with Crippen LogP contribution in [0.25, 0.3) is 22.4 Å². The van der Waals surface area contributed by atoms with E-state index in [0.29, 0.717) is 72.2 Å². The largest absolute Gasteiger partial charge is 0.502 e. The molecule has 1 aliphatic rings. The van der Waals surface area contributed by atoms with E-state index >= 15 is 4.39 Å². The van der Waals surface area contributed by atoms with Gasteiger partial charge >= 0.3 is 5.51 Å². The van der Waals surface area contributed by atoms with Gasteiger partial charge in [0.05, 0.1) is 15.5 Å². The van der Waals surface area contributed by atoms with Crippen LogP contribution in [-0.4, -0.2) is 67.8 Å². The number of nitrogens with one attached hydrogen (secondary N) is 1. The SMILES string of the molecule is Cc1c(S(C)(=O)=O)c(-c2cc(F)cc(N3CCN(c4ccc(NS(=O)(=O)c5ccc(F)c(S(=O)(=O)C(F)(F)F)c5)cc4)CC3)c2)c(-c2ccc(CI)cc2)n1C(C)C. The summed E-state index contributed by atoms with van der Waals surface area (Å²) in [5, 5.41) is 0. The predicted octanol–water partition coefficient (Wildman–Crippen LogP) is 8.75. The molecule has 2 heterocycles. The zero-order valence-corrected chi connectivity index (χ0v) is 36.1. The molecule has 19 heteroatoms. The predicted molar refractivity (Wildman–Crippen MR) is 223 cm³/mol. The number of anilines is 3. The average molecular weight is 977 g/mol. The van der Waals surface area contributed by atoms with Crippen molar-refractivity contribution in [1.82, 2.24) is 4.57 Å². The molecule has 1 fully saturated rings. The zero-order chi connectivity index (χ0) is 42.5. The Labute approximate surface area is 347 Å². The summed E-state index contributed by atoms with van der Waals surface area (Å²) >= 11 is 2.27. The van der Waals surface area contributed by atoms with Crippen LogP contribution < -0.4 is 14.5 Å². The molecule has 0 radical (unpaired) electrons. The average Bonchev–Trinajstić information content (AvgIpc) is 3.48. The van der Waals surface area contributed by atoms with E-state index in [9.17, 15) is 42.8 Å². The van der Waals surface area contributed by atoms with Crippen molar-refractivity contribution in [3.05, 3.63) is 108 Å². The van der Waals surface area contributed by atoms with Gasteiger partial charge < -0.3 is 14.4 Å². The Hall–Kier alpha value is -4.21. The summed E-state index contributed by atoms with van der Waals surface area (Å²) in [6.07, 6.45) is 1.16. The fourth-order valence-electron chi connectivity index (χ4n) is 7.15. The van der Waals surface area contributed by atoms with Crippen LogP contribution in [0.3, 0.4) is 0 Å². The van der Waals surface area contributed by atoms with E-state index in [1.165, 1.54) is 24.3 Å². The van der Waals surface area contributed by atoms with Crippen LogP contribution in [0.2, 0.25) is 0 Å². The maximum atomic E-state index is 15.6. The highest BCUT2D eigenvalue weighted by Gasteiger charge is 2.48. The van der Waals surface area contributed by atoms with Gasteiger partial charge in [-0.25, -0.2) is 34.0 Å². The minimum atomic E-state index is -6.16. The fraction of sp³-hybridized carbons (Fsp3) is 0.282. The van der Waals surface area contributed by atoms with Crippen LogP contribution in [0, 0.1) is 18.6 Å². The standard InChI is InChI=1S/C39H38F5IN4O6S3/c1-24(2)49-25(3)38(56(4,50)51)36(37(49)27-7-5-26(23-45)6-8-27)28-19-29(40)21-32(20-28)48-17-15-47(16-18-48)31-11-9-30(10-12-31)46-58(54,55)33-13-14-34(41)35(22-33)57(52,53)39(42,43)44/h5-14,19-22,24,46H,15-18,23H2,1-4H3. The molecule has 1 saturated heterocycles. The quantitative estimate of drug-likeness (QED) is 0.0792. The van der Waals surface area contributed by atoms with Crippen LogP contribution in [0.4, 0.5) is 39.0 Å². The van der Waals surface area contributed by atoms with Gasteiger partial charge in [0.2, 0.25) is 0 Å². The molecule has 58 heavy (non-hydrogen) atoms. The first-order chi connectivity index (χ1) is 27.0. The van der Waals surface area contributed by atoms with Gasteiger partial charge in [0.25, 0.3) is 19.9 Å². The van der Waals surface area contributed by atoms with Crippen molar-refractivity contribution in [2.75, 3.05) is 47.0 Å². The molecule has 6 rings (SSSR count). The van der Waals surface area contributed by atoms with Crippen molar-refractivity contribution in [2.24, 2.45) is 0 Å². The Morgan fingerprint density at radius 2 is 1.34 bits per heavy atom. The second-order valence-corrected chi connectivity index (χ2v) is 20.4. The summed E-state index contributed by atoms with van der Waals surface area (Å²) in [6, 6.07) is 19.5. The third kappa shape index (κ3) is 8.58. The van der Waals surface area contributed by atoms with E-state index in [1.54, 1.807) is 25.1 Å². The molecule has 310 valence electrons. The smallest absolute Gasteiger partial charge is 0.368 e. The van der Waals surface area contributed by atoms with Crippen molar-refractivity contribution in [3.8, 4) is 22.4 Å². The summed E-state index contributed by atoms with van der Waals surface area (Å²) in [6.45, 7) is 7.53. The molecule has 0 atom stereocenters. The van der Waals surface area contributed by atoms with Gasteiger partial charge in [-0.2, -0.15) is 13.2 Å². The zero-order valence-electron chi connectivity index (χ0n) is 31.5. The van der Waals surface area contributed by atoms with Crippen LogP contribution >= 0.6 is 22.6 Å². The maximum absolute atomic E-state index is 15.6. The number of sulfonamides is 1. The Morgan fingerprint density at radius 3 is 1.88 bits per heavy atom. The Balaban J connectivity index is 1.23. The molecule has 0 amide bonds. The number of hydrogen-bond acceptors (Lipinski definition) is 8. The number of rotatable bonds is 11. The Kier molecular flexibility index (Phi) is 12.0. The Bertz CT molecular complexity index is 2700. The van der Waals surface area contributed by atoms with Gasteiger partial charge in [-0.05, 0) is 98.1 Å². The summed E-state index contributed by atoms with van der Waals surface area (Å²) < 4.78 is 150. The molecule has 0 bridgehead atoms. The van der Waals surface area contributed by atoms with Crippen molar-refractivity contribution < 1.29 is 47.2 Å². The number of sulfone groups is 2. The van der Waals surface area contributed by atoms with Crippen LogP contribution in [0.1, 0.15) is 31.1 Å². The molecular formula is C39H38F5IN4O6S3. The highest BCUT2D eigenvalue weighted by Crippen LogP contribution is 2.44. The lowest BCUT2D eigenvalue weighted by molar-refractivity contribution is -0.0438. The van der Waals surface area contributed by atoms with E-state index in [0.717, 1.165) is 21.8 Å². The molecule has 0 spiro atoms. The van der Waals surface area contributed by atoms with E-state index in [4.69, 9.17) is 0 Å². The minimum Gasteiger partial charge on any atom is -0.368 e. The highest BCUT2D eigenvalue weighted by atomic mass is 127. The van der Waals surface area contributed by atoms with Gasteiger partial charge in [-0.15, -0.1) is 0 Å². The van der Waals surface area contributed by atoms with E-state index < -0.39 is 56.6 Å². The molecule has 0 saturated carbocycles. The van der Waals surface area contributed by atoms with E-state index in [1.807, 2.05) is 52.5 Å². The number of hydrogen-bond donors (Lipinski definition) is 1. The van der Waals surface area contributed by atoms with E-state index in [-0.39, 0.29) is 22.7 Å². The second-order valence-electron chi connectivity index (χ2n) is 14.1. The first-order valence-corrected chi connectivity index (χ1v) is 24.1. The number of alkyl halides is 4. The van der Waals surface area contributed by atoms with Crippen LogP contribution in [0.15, 0.2) is 99.6 Å². The third-order valence-electron chi connectivity index (χ3n) is 9.77. The highest BCUT2D eigenvalue weighted by molar-refractivity contribution is 14.1. The number of aromatic nitrogens is 1. The van der Waals surface area contributed by atoms with Crippen molar-refractivity contribution in [2.45, 2.75) is 51.4 Å². The van der Waals surface area contributed by atoms with Gasteiger partial charge in [-0.3, -0.25) is 4.72 Å². The first kappa shape index (κ1) is 43.4. The molecule has 0 aliphatic carbocycles. The lowest BCUT2D eigenvalue weighted by atomic mass is 9.99. The lowest BCUT2D eigenvalue weighted by Gasteiger charge is -2.37. The number of benzene rings is 4. The molecule has 4 aromatic carbocycles. The monoisotopic (exact) mass is 976 g/mol. The number of halogens is 6. The van der Waals surface area contributed by atoms with Crippen molar-refractivity contribution in [1.29, 1.82) is 0 Å². The minimum absolute atomic E-state index is 0.00884. The fourth-order valence-corrected chi connectivity index (χ4v) is 10.9. The summed E-state index contributed by atoms with van der Waals surface area (Å²) in [4.78, 5) is 1.43. The molecule has 1 aliphatic heterocycles. The van der Waals surface area contributed by atoms with Crippen LogP contribution in [-0.2, 0) is 34.1 Å². The van der Waals surface area contributed by atoms with E-state index in [2.05, 4.69) is 27.3 Å². The maximum Gasteiger partial charge on any atom is 0.502 e. The van der Waals surface area contributed by atoms with Crippen molar-refractivity contribution in [3.63, 3.8) is 0 Å². The molecule has 0 unspecified atom stereocenters. The van der Waals surface area contributed by atoms with Gasteiger partial charge in [0, 0.05) is 71.2 Å². The lowest BCUT2D eigenvalue weighted by Crippen LogP contribution is -2.46. The normalized spacial score (nSPS) is 14.3. The number of nitrogens with zero attached hydrogens (tertiary/aromatic N) is 3. The molecule has 10 nitrogen and oxygen atoms in total. The first-order valence-electron chi connectivity index (χ1n) is 17.7. The van der Waals surface area contributed by atoms with Gasteiger partial charge in [0.1, 0.15) is 16.5 Å². The van der Waals surface area contributed by atoms with Crippen molar-refractivity contribution >= 4 is 69.4 Å². The second kappa shape index (κ2) is 16.1. The summed E-state index contributed by atoms with van der Waals surface area (Å²) in [5.41, 5.74) is -0.589. The van der Waals surface area contributed by atoms with Gasteiger partial charge in [-0.1, -0.05) is 46.9 Å². The third-order valence-corrected chi connectivity index (χ3v) is 14.8. The topological polar surface area (TPSA) is 126 Å². The molecular weight excluding hydrogens is 939 g/mol.